The molecule has 31 heavy (non-hydrogen) atoms. The van der Waals surface area contributed by atoms with Gasteiger partial charge in [-0.2, -0.15) is 5.10 Å². The van der Waals surface area contributed by atoms with Crippen molar-refractivity contribution in [2.75, 3.05) is 10.8 Å². The summed E-state index contributed by atoms with van der Waals surface area (Å²) in [6.07, 6.45) is 4.51. The first-order chi connectivity index (χ1) is 14.9. The van der Waals surface area contributed by atoms with Gasteiger partial charge in [-0.25, -0.2) is 13.8 Å². The van der Waals surface area contributed by atoms with Gasteiger partial charge >= 0.3 is 0 Å². The van der Waals surface area contributed by atoms with Gasteiger partial charge in [0.25, 0.3) is 21.6 Å². The molecule has 3 aromatic rings. The number of sulfonamides is 1. The molecule has 0 aliphatic carbocycles. The smallest absolute Gasteiger partial charge is 0.269 e. The molecule has 11 heteroatoms. The Balaban J connectivity index is 1.86. The second-order valence-corrected chi connectivity index (χ2v) is 8.03. The van der Waals surface area contributed by atoms with Gasteiger partial charge < -0.3 is 0 Å². The Bertz CT molecular complexity index is 1180. The van der Waals surface area contributed by atoms with Crippen LogP contribution in [0.3, 0.4) is 0 Å². The van der Waals surface area contributed by atoms with Gasteiger partial charge in [0.1, 0.15) is 6.54 Å². The van der Waals surface area contributed by atoms with E-state index in [0.717, 1.165) is 4.31 Å². The van der Waals surface area contributed by atoms with E-state index in [1.807, 2.05) is 0 Å². The third-order valence-corrected chi connectivity index (χ3v) is 5.86. The minimum Gasteiger partial charge on any atom is -0.271 e. The number of carbonyl (C=O) groups is 1. The van der Waals surface area contributed by atoms with Crippen LogP contribution in [-0.4, -0.2) is 37.0 Å². The number of benzene rings is 2. The first-order valence-electron chi connectivity index (χ1n) is 8.92. The lowest BCUT2D eigenvalue weighted by atomic mass is 10.3. The highest BCUT2D eigenvalue weighted by Gasteiger charge is 2.27. The van der Waals surface area contributed by atoms with Crippen LogP contribution in [0, 0.1) is 10.1 Å². The molecule has 0 spiro atoms. The zero-order chi connectivity index (χ0) is 22.3. The van der Waals surface area contributed by atoms with Crippen LogP contribution in [0.2, 0.25) is 0 Å². The van der Waals surface area contributed by atoms with Crippen molar-refractivity contribution in [1.82, 2.24) is 10.4 Å². The summed E-state index contributed by atoms with van der Waals surface area (Å²) in [6.45, 7) is -0.581. The normalized spacial score (nSPS) is 11.2. The Morgan fingerprint density at radius 3 is 2.32 bits per heavy atom. The number of nitrogens with one attached hydrogen (secondary N) is 1. The summed E-state index contributed by atoms with van der Waals surface area (Å²) in [5.74, 6) is -0.692. The van der Waals surface area contributed by atoms with Gasteiger partial charge in [0.2, 0.25) is 0 Å². The number of nitrogens with zero attached hydrogens (tertiary/aromatic N) is 4. The molecule has 3 rings (SSSR count). The monoisotopic (exact) mass is 439 g/mol. The minimum atomic E-state index is -4.12. The standard InChI is InChI=1S/C20H17N5O5S/c26-20(23-22-14-16-10-12-21-13-11-16)15-24(17-6-8-18(9-7-17)25(27)28)31(29,30)19-4-2-1-3-5-19/h1-14H,15H2,(H,23,26)/b22-14-. The molecule has 0 aliphatic heterocycles. The summed E-state index contributed by atoms with van der Waals surface area (Å²) in [7, 11) is -4.12. The van der Waals surface area contributed by atoms with Gasteiger partial charge in [0.15, 0.2) is 0 Å². The van der Waals surface area contributed by atoms with E-state index in [4.69, 9.17) is 0 Å². The molecule has 0 radical (unpaired) electrons. The second kappa shape index (κ2) is 9.59. The van der Waals surface area contributed by atoms with Crippen LogP contribution in [0.1, 0.15) is 5.56 Å². The van der Waals surface area contributed by atoms with Crippen molar-refractivity contribution in [1.29, 1.82) is 0 Å². The van der Waals surface area contributed by atoms with E-state index in [2.05, 4.69) is 15.5 Å². The van der Waals surface area contributed by atoms with Crippen molar-refractivity contribution in [3.63, 3.8) is 0 Å². The molecule has 1 amide bonds. The number of nitro groups is 1. The fourth-order valence-electron chi connectivity index (χ4n) is 2.57. The van der Waals surface area contributed by atoms with Crippen LogP contribution in [0.5, 0.6) is 0 Å². The van der Waals surface area contributed by atoms with Crippen LogP contribution >= 0.6 is 0 Å². The van der Waals surface area contributed by atoms with Gasteiger partial charge in [-0.05, 0) is 42.0 Å². The zero-order valence-electron chi connectivity index (χ0n) is 16.0. The number of non-ortho nitro benzene ring substituents is 1. The first-order valence-corrected chi connectivity index (χ1v) is 10.4. The Morgan fingerprint density at radius 1 is 1.06 bits per heavy atom. The van der Waals surface area contributed by atoms with Crippen molar-refractivity contribution >= 4 is 33.5 Å². The molecule has 1 aromatic heterocycles. The van der Waals surface area contributed by atoms with E-state index in [1.165, 1.54) is 42.6 Å². The van der Waals surface area contributed by atoms with Crippen LogP contribution in [0.25, 0.3) is 0 Å². The largest absolute Gasteiger partial charge is 0.271 e. The third-order valence-electron chi connectivity index (χ3n) is 4.08. The van der Waals surface area contributed by atoms with Crippen molar-refractivity contribution in [2.45, 2.75) is 4.90 Å². The number of pyridine rings is 1. The van der Waals surface area contributed by atoms with E-state index >= 15 is 0 Å². The number of hydrazone groups is 1. The lowest BCUT2D eigenvalue weighted by Gasteiger charge is -2.23. The lowest BCUT2D eigenvalue weighted by Crippen LogP contribution is -2.39. The summed E-state index contributed by atoms with van der Waals surface area (Å²) in [5, 5.41) is 14.7. The number of hydrogen-bond acceptors (Lipinski definition) is 7. The number of hydrogen-bond donors (Lipinski definition) is 1. The molecule has 0 saturated heterocycles. The number of nitro benzene ring substituents is 1. The molecule has 0 atom stereocenters. The fourth-order valence-corrected chi connectivity index (χ4v) is 4.01. The molecule has 0 bridgehead atoms. The maximum absolute atomic E-state index is 13.1. The van der Waals surface area contributed by atoms with Crippen molar-refractivity contribution < 1.29 is 18.1 Å². The average Bonchev–Trinajstić information content (AvgIpc) is 2.79. The minimum absolute atomic E-state index is 0.0264. The van der Waals surface area contributed by atoms with E-state index in [-0.39, 0.29) is 16.3 Å². The van der Waals surface area contributed by atoms with E-state index < -0.39 is 27.4 Å². The van der Waals surface area contributed by atoms with Gasteiger partial charge in [0.05, 0.1) is 21.7 Å². The average molecular weight is 439 g/mol. The predicted octanol–water partition coefficient (Wildman–Crippen LogP) is 2.34. The highest BCUT2D eigenvalue weighted by Crippen LogP contribution is 2.25. The molecule has 158 valence electrons. The Morgan fingerprint density at radius 2 is 1.71 bits per heavy atom. The maximum Gasteiger partial charge on any atom is 0.269 e. The summed E-state index contributed by atoms with van der Waals surface area (Å²) in [6, 6.07) is 15.8. The predicted molar refractivity (Wildman–Crippen MR) is 114 cm³/mol. The SMILES string of the molecule is O=C(CN(c1ccc([N+](=O)[O-])cc1)S(=O)(=O)c1ccccc1)N/N=C\c1ccncc1. The summed E-state index contributed by atoms with van der Waals surface area (Å²) >= 11 is 0. The van der Waals surface area contributed by atoms with Crippen LogP contribution in [-0.2, 0) is 14.8 Å². The molecular weight excluding hydrogens is 422 g/mol. The van der Waals surface area contributed by atoms with Crippen LogP contribution in [0.15, 0.2) is 89.1 Å². The second-order valence-electron chi connectivity index (χ2n) is 6.17. The molecule has 2 aromatic carbocycles. The van der Waals surface area contributed by atoms with Crippen LogP contribution < -0.4 is 9.73 Å². The highest BCUT2D eigenvalue weighted by molar-refractivity contribution is 7.92. The fraction of sp³-hybridized carbons (Fsp3) is 0.0500. The lowest BCUT2D eigenvalue weighted by molar-refractivity contribution is -0.384. The topological polar surface area (TPSA) is 135 Å². The number of carbonyl (C=O) groups excluding carboxylic acids is 1. The van der Waals surface area contributed by atoms with E-state index in [1.54, 1.807) is 42.7 Å². The molecule has 0 aliphatic rings. The number of amides is 1. The van der Waals surface area contributed by atoms with Gasteiger partial charge in [0, 0.05) is 24.5 Å². The summed E-state index contributed by atoms with van der Waals surface area (Å²) in [5.41, 5.74) is 2.87. The Hall–Kier alpha value is -4.12. The molecule has 0 saturated carbocycles. The van der Waals surface area contributed by atoms with E-state index in [9.17, 15) is 23.3 Å². The quantitative estimate of drug-likeness (QED) is 0.325. The zero-order valence-corrected chi connectivity index (χ0v) is 16.8. The van der Waals surface area contributed by atoms with Crippen molar-refractivity contribution in [3.8, 4) is 0 Å². The van der Waals surface area contributed by atoms with Gasteiger partial charge in [-0.15, -0.1) is 0 Å². The van der Waals surface area contributed by atoms with Crippen molar-refractivity contribution in [3.05, 3.63) is 94.8 Å². The number of anilines is 1. The first kappa shape index (κ1) is 21.6. The molecular formula is C20H17N5O5S. The van der Waals surface area contributed by atoms with Crippen molar-refractivity contribution in [2.24, 2.45) is 5.10 Å². The molecule has 10 nitrogen and oxygen atoms in total. The summed E-state index contributed by atoms with van der Waals surface area (Å²) in [4.78, 5) is 26.6. The third kappa shape index (κ3) is 5.48. The van der Waals surface area contributed by atoms with Gasteiger partial charge in [-0.3, -0.25) is 24.2 Å². The number of rotatable bonds is 8. The maximum atomic E-state index is 13.1. The molecule has 0 unspecified atom stereocenters. The molecule has 0 fully saturated rings. The van der Waals surface area contributed by atoms with Crippen LogP contribution in [0.4, 0.5) is 11.4 Å². The molecule has 1 N–H and O–H groups in total. The Labute approximate surface area is 178 Å². The van der Waals surface area contributed by atoms with E-state index in [0.29, 0.717) is 5.56 Å². The summed E-state index contributed by atoms with van der Waals surface area (Å²) < 4.78 is 27.2. The number of aromatic nitrogens is 1. The van der Waals surface area contributed by atoms with Gasteiger partial charge in [-0.1, -0.05) is 18.2 Å². The Kier molecular flexibility index (Phi) is 6.67. The highest BCUT2D eigenvalue weighted by atomic mass is 32.2. The molecule has 1 heterocycles.